The zero-order valence-electron chi connectivity index (χ0n) is 13.7. The molecule has 0 saturated carbocycles. The molecule has 2 aromatic rings. The number of benzene rings is 2. The lowest BCUT2D eigenvalue weighted by atomic mass is 9.93. The smallest absolute Gasteiger partial charge is 0.175 e. The molecule has 0 spiro atoms. The summed E-state index contributed by atoms with van der Waals surface area (Å²) in [6.45, 7) is 4.51. The van der Waals surface area contributed by atoms with Gasteiger partial charge in [0.25, 0.3) is 0 Å². The Morgan fingerprint density at radius 3 is 2.52 bits per heavy atom. The molecule has 4 nitrogen and oxygen atoms in total. The summed E-state index contributed by atoms with van der Waals surface area (Å²) < 4.78 is 23.6. The molecule has 0 amide bonds. The Morgan fingerprint density at radius 2 is 1.87 bits per heavy atom. The van der Waals surface area contributed by atoms with Crippen LogP contribution in [-0.2, 0) is 9.84 Å². The number of sulfone groups is 1. The van der Waals surface area contributed by atoms with Crippen molar-refractivity contribution >= 4 is 9.84 Å². The first-order valence-electron chi connectivity index (χ1n) is 7.54. The molecule has 2 rings (SSSR count). The van der Waals surface area contributed by atoms with Crippen molar-refractivity contribution in [2.75, 3.05) is 19.4 Å². The summed E-state index contributed by atoms with van der Waals surface area (Å²) in [7, 11) is -3.26. The molecule has 0 saturated heterocycles. The molecule has 1 atom stereocenters. The van der Waals surface area contributed by atoms with Gasteiger partial charge in [0.15, 0.2) is 9.84 Å². The molecular formula is C18H23NO3S. The highest BCUT2D eigenvalue weighted by atomic mass is 32.2. The van der Waals surface area contributed by atoms with Gasteiger partial charge in [-0.2, -0.15) is 0 Å². The molecule has 0 aliphatic rings. The minimum absolute atomic E-state index is 0.0210. The molecule has 124 valence electrons. The molecule has 0 bridgehead atoms. The Labute approximate surface area is 138 Å². The Balaban J connectivity index is 2.53. The minimum Gasteiger partial charge on any atom is -0.395 e. The third-order valence-electron chi connectivity index (χ3n) is 3.83. The third kappa shape index (κ3) is 4.41. The average molecular weight is 333 g/mol. The van der Waals surface area contributed by atoms with Crippen molar-refractivity contribution in [3.63, 3.8) is 0 Å². The van der Waals surface area contributed by atoms with Crippen molar-refractivity contribution in [3.05, 3.63) is 64.7 Å². The maximum atomic E-state index is 11.8. The van der Waals surface area contributed by atoms with Gasteiger partial charge in [0.05, 0.1) is 17.5 Å². The number of aliphatic hydroxyl groups is 1. The summed E-state index contributed by atoms with van der Waals surface area (Å²) in [5.41, 5.74) is 4.22. The lowest BCUT2D eigenvalue weighted by Crippen LogP contribution is -2.26. The predicted molar refractivity (Wildman–Crippen MR) is 92.4 cm³/mol. The van der Waals surface area contributed by atoms with Crippen LogP contribution in [0.1, 0.15) is 28.3 Å². The Kier molecular flexibility index (Phi) is 5.57. The average Bonchev–Trinajstić information content (AvgIpc) is 2.50. The molecular weight excluding hydrogens is 310 g/mol. The fraction of sp³-hybridized carbons (Fsp3) is 0.333. The summed E-state index contributed by atoms with van der Waals surface area (Å²) in [6.07, 6.45) is 1.21. The van der Waals surface area contributed by atoms with Crippen molar-refractivity contribution in [3.8, 4) is 0 Å². The normalized spacial score (nSPS) is 13.0. The highest BCUT2D eigenvalue weighted by Crippen LogP contribution is 2.27. The van der Waals surface area contributed by atoms with Gasteiger partial charge in [-0.25, -0.2) is 8.42 Å². The highest BCUT2D eigenvalue weighted by molar-refractivity contribution is 7.90. The van der Waals surface area contributed by atoms with E-state index < -0.39 is 9.84 Å². The largest absolute Gasteiger partial charge is 0.395 e. The van der Waals surface area contributed by atoms with Crippen LogP contribution in [-0.4, -0.2) is 32.9 Å². The van der Waals surface area contributed by atoms with Gasteiger partial charge in [0.2, 0.25) is 0 Å². The van der Waals surface area contributed by atoms with E-state index in [0.717, 1.165) is 22.3 Å². The van der Waals surface area contributed by atoms with E-state index in [1.54, 1.807) is 18.2 Å². The molecule has 0 fully saturated rings. The summed E-state index contributed by atoms with van der Waals surface area (Å²) in [4.78, 5) is 0.302. The quantitative estimate of drug-likeness (QED) is 0.852. The molecule has 0 radical (unpaired) electrons. The number of hydrogen-bond acceptors (Lipinski definition) is 4. The van der Waals surface area contributed by atoms with E-state index in [2.05, 4.69) is 23.5 Å². The van der Waals surface area contributed by atoms with Crippen molar-refractivity contribution in [2.45, 2.75) is 24.8 Å². The van der Waals surface area contributed by atoms with E-state index in [-0.39, 0.29) is 12.6 Å². The zero-order chi connectivity index (χ0) is 17.0. The van der Waals surface area contributed by atoms with E-state index in [1.165, 1.54) is 6.26 Å². The Morgan fingerprint density at radius 1 is 1.13 bits per heavy atom. The van der Waals surface area contributed by atoms with Crippen LogP contribution in [0.3, 0.4) is 0 Å². The summed E-state index contributed by atoms with van der Waals surface area (Å²) in [5.74, 6) is 0. The van der Waals surface area contributed by atoms with E-state index in [1.807, 2.05) is 19.9 Å². The third-order valence-corrected chi connectivity index (χ3v) is 4.94. The predicted octanol–water partition coefficient (Wildman–Crippen LogP) is 2.38. The summed E-state index contributed by atoms with van der Waals surface area (Å²) in [6, 6.07) is 13.0. The molecule has 0 aliphatic heterocycles. The van der Waals surface area contributed by atoms with Crippen LogP contribution in [0, 0.1) is 13.8 Å². The fourth-order valence-electron chi connectivity index (χ4n) is 2.61. The molecule has 2 N–H and O–H groups in total. The summed E-state index contributed by atoms with van der Waals surface area (Å²) >= 11 is 0. The van der Waals surface area contributed by atoms with Gasteiger partial charge in [0.1, 0.15) is 0 Å². The van der Waals surface area contributed by atoms with Gasteiger partial charge < -0.3 is 10.4 Å². The zero-order valence-corrected chi connectivity index (χ0v) is 14.5. The maximum Gasteiger partial charge on any atom is 0.175 e. The van der Waals surface area contributed by atoms with Gasteiger partial charge in [-0.15, -0.1) is 0 Å². The first kappa shape index (κ1) is 17.7. The number of nitrogens with one attached hydrogen (secondary N) is 1. The molecule has 1 unspecified atom stereocenters. The molecule has 23 heavy (non-hydrogen) atoms. The van der Waals surface area contributed by atoms with E-state index >= 15 is 0 Å². The molecule has 2 aromatic carbocycles. The molecule has 0 heterocycles. The lowest BCUT2D eigenvalue weighted by molar-refractivity contribution is 0.288. The fourth-order valence-corrected chi connectivity index (χ4v) is 3.29. The monoisotopic (exact) mass is 333 g/mol. The molecule has 5 heteroatoms. The number of hydrogen-bond donors (Lipinski definition) is 2. The van der Waals surface area contributed by atoms with Crippen LogP contribution in [0.5, 0.6) is 0 Å². The Bertz CT molecular complexity index is 785. The second-order valence-electron chi connectivity index (χ2n) is 5.82. The van der Waals surface area contributed by atoms with Gasteiger partial charge in [-0.05, 0) is 42.7 Å². The number of aryl methyl sites for hydroxylation is 2. The van der Waals surface area contributed by atoms with E-state index in [4.69, 9.17) is 5.11 Å². The van der Waals surface area contributed by atoms with Crippen molar-refractivity contribution in [1.29, 1.82) is 0 Å². The first-order valence-corrected chi connectivity index (χ1v) is 9.43. The second kappa shape index (κ2) is 7.25. The van der Waals surface area contributed by atoms with Gasteiger partial charge in [-0.1, -0.05) is 35.9 Å². The van der Waals surface area contributed by atoms with Crippen LogP contribution in [0.2, 0.25) is 0 Å². The van der Waals surface area contributed by atoms with Crippen LogP contribution < -0.4 is 5.32 Å². The van der Waals surface area contributed by atoms with Crippen LogP contribution in [0.25, 0.3) is 0 Å². The van der Waals surface area contributed by atoms with E-state index in [0.29, 0.717) is 11.4 Å². The minimum atomic E-state index is -3.26. The first-order chi connectivity index (χ1) is 10.8. The van der Waals surface area contributed by atoms with Gasteiger partial charge in [0, 0.05) is 12.8 Å². The Hall–Kier alpha value is -1.69. The van der Waals surface area contributed by atoms with E-state index in [9.17, 15) is 8.42 Å². The number of aliphatic hydroxyl groups excluding tert-OH is 1. The van der Waals surface area contributed by atoms with Crippen molar-refractivity contribution in [1.82, 2.24) is 5.32 Å². The summed E-state index contributed by atoms with van der Waals surface area (Å²) in [5, 5.41) is 12.5. The standard InChI is InChI=1S/C18H23NO3S/c1-13-7-8-14(2)17(11-13)18(19-9-10-20)15-5-4-6-16(12-15)23(3,21)22/h4-8,11-12,18-20H,9-10H2,1-3H3. The topological polar surface area (TPSA) is 66.4 Å². The lowest BCUT2D eigenvalue weighted by Gasteiger charge is -2.22. The van der Waals surface area contributed by atoms with Crippen molar-refractivity contribution in [2.24, 2.45) is 0 Å². The second-order valence-corrected chi connectivity index (χ2v) is 7.83. The van der Waals surface area contributed by atoms with Gasteiger partial charge >= 0.3 is 0 Å². The maximum absolute atomic E-state index is 11.8. The SMILES string of the molecule is Cc1ccc(C)c(C(NCCO)c2cccc(S(C)(=O)=O)c2)c1. The molecule has 0 aliphatic carbocycles. The van der Waals surface area contributed by atoms with Crippen LogP contribution >= 0.6 is 0 Å². The van der Waals surface area contributed by atoms with Crippen LogP contribution in [0.4, 0.5) is 0 Å². The van der Waals surface area contributed by atoms with Gasteiger partial charge in [-0.3, -0.25) is 0 Å². The van der Waals surface area contributed by atoms with Crippen molar-refractivity contribution < 1.29 is 13.5 Å². The molecule has 0 aromatic heterocycles. The van der Waals surface area contributed by atoms with Crippen LogP contribution in [0.15, 0.2) is 47.4 Å². The number of rotatable bonds is 6. The highest BCUT2D eigenvalue weighted by Gasteiger charge is 2.18.